The molecule has 0 saturated heterocycles. The Morgan fingerprint density at radius 2 is 1.48 bits per heavy atom. The normalized spacial score (nSPS) is 15.0. The van der Waals surface area contributed by atoms with Crippen molar-refractivity contribution in [2.24, 2.45) is 0 Å². The third-order valence-corrected chi connectivity index (χ3v) is 3.79. The van der Waals surface area contributed by atoms with Crippen LogP contribution in [0, 0.1) is 0 Å². The highest BCUT2D eigenvalue weighted by molar-refractivity contribution is 5.89. The molecule has 1 aliphatic carbocycles. The van der Waals surface area contributed by atoms with Crippen LogP contribution < -0.4 is 0 Å². The summed E-state index contributed by atoms with van der Waals surface area (Å²) in [5, 5.41) is 0. The first-order valence-corrected chi connectivity index (χ1v) is 7.36. The van der Waals surface area contributed by atoms with E-state index in [0.717, 1.165) is 36.8 Å². The van der Waals surface area contributed by atoms with Gasteiger partial charge < -0.3 is 0 Å². The van der Waals surface area contributed by atoms with Crippen molar-refractivity contribution >= 4 is 5.97 Å². The zero-order valence-corrected chi connectivity index (χ0v) is 11.8. The van der Waals surface area contributed by atoms with Gasteiger partial charge in [-0.25, -0.2) is 4.79 Å². The van der Waals surface area contributed by atoms with Gasteiger partial charge in [0.25, 0.3) is 0 Å². The lowest BCUT2D eigenvalue weighted by Crippen LogP contribution is -2.13. The molecule has 0 aliphatic heterocycles. The fourth-order valence-electron chi connectivity index (χ4n) is 2.57. The predicted molar refractivity (Wildman–Crippen MR) is 80.6 cm³/mol. The molecule has 2 aromatic carbocycles. The van der Waals surface area contributed by atoms with Crippen molar-refractivity contribution in [3.8, 4) is 11.1 Å². The number of rotatable bonds is 4. The second kappa shape index (κ2) is 6.55. The molecule has 1 fully saturated rings. The maximum atomic E-state index is 11.9. The van der Waals surface area contributed by atoms with Crippen LogP contribution in [0.15, 0.2) is 54.6 Å². The van der Waals surface area contributed by atoms with Crippen LogP contribution in [0.4, 0.5) is 0 Å². The number of hydrogen-bond acceptors (Lipinski definition) is 3. The molecule has 3 heteroatoms. The molecule has 21 heavy (non-hydrogen) atoms. The van der Waals surface area contributed by atoms with Gasteiger partial charge in [0.15, 0.2) is 0 Å². The standard InChI is InChI=1S/C18H18O3/c19-18(21-20-17-8-4-5-9-17)16-12-10-15(11-13-16)14-6-2-1-3-7-14/h1-3,6-7,10-13,17H,4-5,8-9H2. The average Bonchev–Trinajstić information content (AvgIpc) is 3.07. The number of carbonyl (C=O) groups is 1. The summed E-state index contributed by atoms with van der Waals surface area (Å²) in [6.07, 6.45) is 4.31. The zero-order chi connectivity index (χ0) is 14.5. The monoisotopic (exact) mass is 282 g/mol. The van der Waals surface area contributed by atoms with Crippen LogP contribution in [0.25, 0.3) is 11.1 Å². The lowest BCUT2D eigenvalue weighted by Gasteiger charge is -2.09. The predicted octanol–water partition coefficient (Wildman–Crippen LogP) is 4.38. The van der Waals surface area contributed by atoms with Gasteiger partial charge in [-0.15, -0.1) is 0 Å². The van der Waals surface area contributed by atoms with Gasteiger partial charge in [0.05, 0.1) is 5.56 Å². The van der Waals surface area contributed by atoms with Crippen molar-refractivity contribution in [1.82, 2.24) is 0 Å². The van der Waals surface area contributed by atoms with Crippen LogP contribution in [-0.4, -0.2) is 12.1 Å². The van der Waals surface area contributed by atoms with Crippen molar-refractivity contribution in [2.45, 2.75) is 31.8 Å². The van der Waals surface area contributed by atoms with Crippen molar-refractivity contribution < 1.29 is 14.6 Å². The van der Waals surface area contributed by atoms with Gasteiger partial charge in [0.2, 0.25) is 0 Å². The molecule has 0 N–H and O–H groups in total. The maximum Gasteiger partial charge on any atom is 0.373 e. The molecule has 0 aromatic heterocycles. The number of carbonyl (C=O) groups excluding carboxylic acids is 1. The molecular formula is C18H18O3. The second-order valence-electron chi connectivity index (χ2n) is 5.32. The molecule has 0 amide bonds. The fourth-order valence-corrected chi connectivity index (χ4v) is 2.57. The van der Waals surface area contributed by atoms with Gasteiger partial charge >= 0.3 is 5.97 Å². The van der Waals surface area contributed by atoms with E-state index in [4.69, 9.17) is 9.78 Å². The van der Waals surface area contributed by atoms with Crippen molar-refractivity contribution in [3.05, 3.63) is 60.2 Å². The highest BCUT2D eigenvalue weighted by atomic mass is 17.2. The van der Waals surface area contributed by atoms with Crippen LogP contribution >= 0.6 is 0 Å². The van der Waals surface area contributed by atoms with E-state index in [1.54, 1.807) is 12.1 Å². The SMILES string of the molecule is O=C(OOC1CCCC1)c1ccc(-c2ccccc2)cc1. The molecule has 3 rings (SSSR count). The van der Waals surface area contributed by atoms with Crippen LogP contribution in [-0.2, 0) is 9.78 Å². The van der Waals surface area contributed by atoms with Gasteiger partial charge in [-0.1, -0.05) is 55.3 Å². The topological polar surface area (TPSA) is 35.5 Å². The van der Waals surface area contributed by atoms with E-state index >= 15 is 0 Å². The molecule has 0 bridgehead atoms. The molecule has 0 atom stereocenters. The minimum Gasteiger partial charge on any atom is -0.293 e. The van der Waals surface area contributed by atoms with E-state index in [2.05, 4.69) is 0 Å². The minimum atomic E-state index is -0.429. The second-order valence-corrected chi connectivity index (χ2v) is 5.32. The molecule has 3 nitrogen and oxygen atoms in total. The number of hydrogen-bond donors (Lipinski definition) is 0. The summed E-state index contributed by atoms with van der Waals surface area (Å²) in [7, 11) is 0. The molecule has 1 aliphatic rings. The molecule has 0 unspecified atom stereocenters. The van der Waals surface area contributed by atoms with Crippen LogP contribution in [0.5, 0.6) is 0 Å². The quantitative estimate of drug-likeness (QED) is 0.616. The summed E-state index contributed by atoms with van der Waals surface area (Å²) in [5.41, 5.74) is 2.70. The van der Waals surface area contributed by atoms with Gasteiger partial charge in [0.1, 0.15) is 6.10 Å². The summed E-state index contributed by atoms with van der Waals surface area (Å²) in [6, 6.07) is 17.4. The largest absolute Gasteiger partial charge is 0.373 e. The summed E-state index contributed by atoms with van der Waals surface area (Å²) in [4.78, 5) is 22.0. The van der Waals surface area contributed by atoms with Crippen LogP contribution in [0.2, 0.25) is 0 Å². The molecule has 0 heterocycles. The molecule has 1 saturated carbocycles. The van der Waals surface area contributed by atoms with E-state index in [0.29, 0.717) is 5.56 Å². The summed E-state index contributed by atoms with van der Waals surface area (Å²) < 4.78 is 0. The Balaban J connectivity index is 1.62. The Kier molecular flexibility index (Phi) is 4.31. The Hall–Kier alpha value is -2.13. The summed E-state index contributed by atoms with van der Waals surface area (Å²) in [5.74, 6) is -0.429. The third kappa shape index (κ3) is 3.50. The van der Waals surface area contributed by atoms with Crippen LogP contribution in [0.3, 0.4) is 0 Å². The first-order valence-electron chi connectivity index (χ1n) is 7.36. The summed E-state index contributed by atoms with van der Waals surface area (Å²) >= 11 is 0. The van der Waals surface area contributed by atoms with Crippen molar-refractivity contribution in [3.63, 3.8) is 0 Å². The highest BCUT2D eigenvalue weighted by Gasteiger charge is 2.19. The zero-order valence-electron chi connectivity index (χ0n) is 11.8. The lowest BCUT2D eigenvalue weighted by molar-refractivity contribution is -0.272. The average molecular weight is 282 g/mol. The van der Waals surface area contributed by atoms with Crippen molar-refractivity contribution in [1.29, 1.82) is 0 Å². The van der Waals surface area contributed by atoms with E-state index < -0.39 is 5.97 Å². The highest BCUT2D eigenvalue weighted by Crippen LogP contribution is 2.22. The van der Waals surface area contributed by atoms with E-state index in [1.807, 2.05) is 42.5 Å². The number of benzene rings is 2. The van der Waals surface area contributed by atoms with Gasteiger partial charge in [-0.05, 0) is 36.1 Å². The Morgan fingerprint density at radius 3 is 2.14 bits per heavy atom. The minimum absolute atomic E-state index is 0.0672. The third-order valence-electron chi connectivity index (χ3n) is 3.79. The van der Waals surface area contributed by atoms with E-state index in [-0.39, 0.29) is 6.10 Å². The molecule has 0 spiro atoms. The smallest absolute Gasteiger partial charge is 0.293 e. The Bertz CT molecular complexity index is 584. The van der Waals surface area contributed by atoms with E-state index in [1.165, 1.54) is 0 Å². The molecular weight excluding hydrogens is 264 g/mol. The lowest BCUT2D eigenvalue weighted by atomic mass is 10.0. The van der Waals surface area contributed by atoms with Gasteiger partial charge in [-0.3, -0.25) is 4.89 Å². The first kappa shape index (κ1) is 13.8. The Labute approximate surface area is 124 Å². The Morgan fingerprint density at radius 1 is 0.857 bits per heavy atom. The van der Waals surface area contributed by atoms with Crippen LogP contribution in [0.1, 0.15) is 36.0 Å². The van der Waals surface area contributed by atoms with E-state index in [9.17, 15) is 4.79 Å². The molecule has 108 valence electrons. The summed E-state index contributed by atoms with van der Waals surface area (Å²) in [6.45, 7) is 0. The molecule has 0 radical (unpaired) electrons. The molecule has 2 aromatic rings. The van der Waals surface area contributed by atoms with Gasteiger partial charge in [0, 0.05) is 0 Å². The fraction of sp³-hybridized carbons (Fsp3) is 0.278. The maximum absolute atomic E-state index is 11.9. The first-order chi connectivity index (χ1) is 10.3. The van der Waals surface area contributed by atoms with Gasteiger partial charge in [-0.2, -0.15) is 4.89 Å². The van der Waals surface area contributed by atoms with Crippen molar-refractivity contribution in [2.75, 3.05) is 0 Å².